The fourth-order valence-electron chi connectivity index (χ4n) is 1.02. The molecule has 3 nitrogen and oxygen atoms in total. The molecule has 0 unspecified atom stereocenters. The zero-order valence-electron chi connectivity index (χ0n) is 7.61. The van der Waals surface area contributed by atoms with E-state index in [4.69, 9.17) is 5.26 Å². The number of alkyl halides is 2. The molecule has 0 spiro atoms. The van der Waals surface area contributed by atoms with Crippen LogP contribution >= 0.6 is 0 Å². The van der Waals surface area contributed by atoms with Gasteiger partial charge in [0.2, 0.25) is 0 Å². The normalized spacial score (nSPS) is 9.73. The second kappa shape index (κ2) is 5.05. The van der Waals surface area contributed by atoms with Crippen LogP contribution in [-0.4, -0.2) is 12.4 Å². The van der Waals surface area contributed by atoms with Gasteiger partial charge in [-0.15, -0.1) is 0 Å². The topological polar surface area (TPSA) is 50.1 Å². The molecule has 0 saturated heterocycles. The molecule has 0 aromatic heterocycles. The molecule has 0 radical (unpaired) electrons. The van der Waals surface area contributed by atoms with Gasteiger partial charge in [0.15, 0.2) is 5.78 Å². The van der Waals surface area contributed by atoms with Gasteiger partial charge in [-0.1, -0.05) is 12.1 Å². The summed E-state index contributed by atoms with van der Waals surface area (Å²) in [4.78, 5) is 11.2. The van der Waals surface area contributed by atoms with E-state index >= 15 is 0 Å². The summed E-state index contributed by atoms with van der Waals surface area (Å²) in [5.74, 6) is -0.508. The number of hydrogen-bond donors (Lipinski definition) is 0. The summed E-state index contributed by atoms with van der Waals surface area (Å²) in [7, 11) is 0. The molecule has 0 amide bonds. The van der Waals surface area contributed by atoms with Crippen LogP contribution in [-0.2, 0) is 0 Å². The lowest BCUT2D eigenvalue weighted by Gasteiger charge is -2.04. The maximum atomic E-state index is 11.8. The molecule has 15 heavy (non-hydrogen) atoms. The van der Waals surface area contributed by atoms with Crippen molar-refractivity contribution in [1.82, 2.24) is 0 Å². The molecule has 0 fully saturated rings. The minimum absolute atomic E-state index is 0.0891. The number of hydrogen-bond acceptors (Lipinski definition) is 3. The van der Waals surface area contributed by atoms with Crippen molar-refractivity contribution in [2.24, 2.45) is 0 Å². The maximum absolute atomic E-state index is 11.8. The number of ether oxygens (including phenoxy) is 1. The molecule has 0 saturated carbocycles. The van der Waals surface area contributed by atoms with Crippen molar-refractivity contribution in [2.45, 2.75) is 13.0 Å². The number of ketones is 1. The highest BCUT2D eigenvalue weighted by molar-refractivity contribution is 5.97. The number of Topliss-reactive ketones (excluding diaryl/α,β-unsaturated/α-hetero) is 1. The number of halogens is 2. The van der Waals surface area contributed by atoms with E-state index in [1.165, 1.54) is 24.3 Å². The average molecular weight is 211 g/mol. The van der Waals surface area contributed by atoms with Gasteiger partial charge in [0.05, 0.1) is 12.5 Å². The molecule has 0 heterocycles. The summed E-state index contributed by atoms with van der Waals surface area (Å²) in [5.41, 5.74) is 0.190. The van der Waals surface area contributed by atoms with Gasteiger partial charge in [-0.3, -0.25) is 4.79 Å². The number of nitrogens with zero attached hydrogens (tertiary/aromatic N) is 1. The number of nitriles is 1. The predicted octanol–water partition coefficient (Wildman–Crippen LogP) is 2.38. The molecule has 78 valence electrons. The van der Waals surface area contributed by atoms with Crippen LogP contribution < -0.4 is 4.74 Å². The van der Waals surface area contributed by atoms with Crippen LogP contribution in [0.1, 0.15) is 16.8 Å². The Labute approximate surface area is 84.9 Å². The third-order valence-electron chi connectivity index (χ3n) is 1.62. The van der Waals surface area contributed by atoms with Crippen LogP contribution in [0, 0.1) is 11.3 Å². The Morgan fingerprint density at radius 3 is 2.87 bits per heavy atom. The number of carbonyl (C=O) groups is 1. The summed E-state index contributed by atoms with van der Waals surface area (Å²) in [6.07, 6.45) is -0.280. The molecule has 0 aliphatic carbocycles. The largest absolute Gasteiger partial charge is 0.435 e. The summed E-state index contributed by atoms with van der Waals surface area (Å²) < 4.78 is 27.8. The van der Waals surface area contributed by atoms with E-state index < -0.39 is 12.4 Å². The first kappa shape index (κ1) is 11.1. The van der Waals surface area contributed by atoms with Crippen molar-refractivity contribution in [1.29, 1.82) is 5.26 Å². The maximum Gasteiger partial charge on any atom is 0.387 e. The standard InChI is InChI=1S/C10H7F2NO2/c11-10(12)15-8-3-1-2-7(6-8)9(14)4-5-13/h1-3,6,10H,4H2. The third-order valence-corrected chi connectivity index (χ3v) is 1.62. The molecule has 0 aliphatic heterocycles. The van der Waals surface area contributed by atoms with Crippen LogP contribution in [0.15, 0.2) is 24.3 Å². The van der Waals surface area contributed by atoms with Gasteiger partial charge < -0.3 is 4.74 Å². The first-order valence-electron chi connectivity index (χ1n) is 4.08. The fraction of sp³-hybridized carbons (Fsp3) is 0.200. The van der Waals surface area contributed by atoms with Crippen LogP contribution in [0.5, 0.6) is 5.75 Å². The number of carbonyl (C=O) groups excluding carboxylic acids is 1. The van der Waals surface area contributed by atoms with Gasteiger partial charge in [0.1, 0.15) is 5.75 Å². The van der Waals surface area contributed by atoms with E-state index in [-0.39, 0.29) is 17.7 Å². The Morgan fingerprint density at radius 2 is 2.27 bits per heavy atom. The van der Waals surface area contributed by atoms with E-state index in [0.717, 1.165) is 0 Å². The molecule has 0 atom stereocenters. The molecule has 5 heteroatoms. The molecule has 1 rings (SSSR count). The number of rotatable bonds is 4. The Balaban J connectivity index is 2.83. The molecule has 1 aromatic rings. The number of benzene rings is 1. The highest BCUT2D eigenvalue weighted by Gasteiger charge is 2.08. The van der Waals surface area contributed by atoms with Crippen LogP contribution in [0.4, 0.5) is 8.78 Å². The molecule has 0 bridgehead atoms. The molecular weight excluding hydrogens is 204 g/mol. The minimum Gasteiger partial charge on any atom is -0.435 e. The summed E-state index contributed by atoms with van der Waals surface area (Å²) in [6, 6.07) is 7.05. The van der Waals surface area contributed by atoms with E-state index in [1.54, 1.807) is 6.07 Å². The zero-order chi connectivity index (χ0) is 11.3. The molecule has 0 N–H and O–H groups in total. The predicted molar refractivity (Wildman–Crippen MR) is 47.6 cm³/mol. The Bertz CT molecular complexity index is 399. The van der Waals surface area contributed by atoms with Crippen LogP contribution in [0.25, 0.3) is 0 Å². The highest BCUT2D eigenvalue weighted by Crippen LogP contribution is 2.16. The first-order valence-corrected chi connectivity index (χ1v) is 4.08. The van der Waals surface area contributed by atoms with E-state index in [2.05, 4.69) is 4.74 Å². The highest BCUT2D eigenvalue weighted by atomic mass is 19.3. The fourth-order valence-corrected chi connectivity index (χ4v) is 1.02. The van der Waals surface area contributed by atoms with Gasteiger partial charge >= 0.3 is 6.61 Å². The van der Waals surface area contributed by atoms with E-state index in [0.29, 0.717) is 0 Å². The second-order valence-electron chi connectivity index (χ2n) is 2.66. The smallest absolute Gasteiger partial charge is 0.387 e. The summed E-state index contributed by atoms with van der Waals surface area (Å²) in [5, 5.41) is 8.29. The summed E-state index contributed by atoms with van der Waals surface area (Å²) >= 11 is 0. The van der Waals surface area contributed by atoms with Crippen LogP contribution in [0.3, 0.4) is 0 Å². The van der Waals surface area contributed by atoms with Gasteiger partial charge in [-0.25, -0.2) is 0 Å². The van der Waals surface area contributed by atoms with Crippen LogP contribution in [0.2, 0.25) is 0 Å². The van der Waals surface area contributed by atoms with Gasteiger partial charge in [-0.05, 0) is 12.1 Å². The molecule has 1 aromatic carbocycles. The van der Waals surface area contributed by atoms with Crippen molar-refractivity contribution in [3.05, 3.63) is 29.8 Å². The lowest BCUT2D eigenvalue weighted by atomic mass is 10.1. The van der Waals surface area contributed by atoms with Gasteiger partial charge in [0.25, 0.3) is 0 Å². The summed E-state index contributed by atoms with van der Waals surface area (Å²) in [6.45, 7) is -2.92. The van der Waals surface area contributed by atoms with Crippen molar-refractivity contribution in [3.63, 3.8) is 0 Å². The molecular formula is C10H7F2NO2. The van der Waals surface area contributed by atoms with Crippen molar-refractivity contribution in [3.8, 4) is 11.8 Å². The lowest BCUT2D eigenvalue weighted by molar-refractivity contribution is -0.0498. The van der Waals surface area contributed by atoms with Crippen molar-refractivity contribution < 1.29 is 18.3 Å². The van der Waals surface area contributed by atoms with Gasteiger partial charge in [0, 0.05) is 5.56 Å². The minimum atomic E-state index is -2.92. The zero-order valence-corrected chi connectivity index (χ0v) is 7.61. The monoisotopic (exact) mass is 211 g/mol. The Hall–Kier alpha value is -1.96. The Morgan fingerprint density at radius 1 is 1.53 bits per heavy atom. The molecule has 0 aliphatic rings. The average Bonchev–Trinajstić information content (AvgIpc) is 2.17. The lowest BCUT2D eigenvalue weighted by Crippen LogP contribution is -2.03. The quantitative estimate of drug-likeness (QED) is 0.718. The van der Waals surface area contributed by atoms with E-state index in [1.807, 2.05) is 0 Å². The van der Waals surface area contributed by atoms with Crippen molar-refractivity contribution in [2.75, 3.05) is 0 Å². The van der Waals surface area contributed by atoms with E-state index in [9.17, 15) is 13.6 Å². The second-order valence-corrected chi connectivity index (χ2v) is 2.66. The first-order chi connectivity index (χ1) is 7.13. The van der Waals surface area contributed by atoms with Gasteiger partial charge in [-0.2, -0.15) is 14.0 Å². The SMILES string of the molecule is N#CCC(=O)c1cccc(OC(F)F)c1. The van der Waals surface area contributed by atoms with Crippen molar-refractivity contribution >= 4 is 5.78 Å². The Kier molecular flexibility index (Phi) is 3.75. The third kappa shape index (κ3) is 3.35.